The first-order valence-electron chi connectivity index (χ1n) is 9.40. The summed E-state index contributed by atoms with van der Waals surface area (Å²) < 4.78 is 46.3. The number of aromatic nitrogens is 3. The lowest BCUT2D eigenvalue weighted by atomic mass is 10.1. The fraction of sp³-hybridized carbons (Fsp3) is 0.286. The first kappa shape index (κ1) is 22.1. The molecular formula is C21H21F3N4O3. The first-order chi connectivity index (χ1) is 14.7. The van der Waals surface area contributed by atoms with Gasteiger partial charge in [0.1, 0.15) is 5.75 Å². The number of nitrogens with one attached hydrogen (secondary N) is 1. The zero-order valence-corrected chi connectivity index (χ0v) is 16.9. The summed E-state index contributed by atoms with van der Waals surface area (Å²) >= 11 is 0. The lowest BCUT2D eigenvalue weighted by Crippen LogP contribution is -2.32. The summed E-state index contributed by atoms with van der Waals surface area (Å²) in [6.45, 7) is 0.230. The van der Waals surface area contributed by atoms with Gasteiger partial charge in [-0.25, -0.2) is 9.48 Å². The summed E-state index contributed by atoms with van der Waals surface area (Å²) in [6.07, 6.45) is -4.33. The lowest BCUT2D eigenvalue weighted by molar-refractivity contribution is -0.137. The number of methoxy groups -OCH3 is 1. The van der Waals surface area contributed by atoms with Gasteiger partial charge in [0, 0.05) is 19.2 Å². The number of hydrogen-bond donors (Lipinski definition) is 1. The Balaban J connectivity index is 1.64. The Morgan fingerprint density at radius 1 is 1.16 bits per heavy atom. The van der Waals surface area contributed by atoms with Crippen molar-refractivity contribution in [2.24, 2.45) is 7.05 Å². The molecule has 1 aromatic heterocycles. The molecule has 0 aliphatic carbocycles. The predicted octanol–water partition coefficient (Wildman–Crippen LogP) is 2.64. The van der Waals surface area contributed by atoms with Gasteiger partial charge in [0.05, 0.1) is 25.6 Å². The third-order valence-corrected chi connectivity index (χ3v) is 4.66. The second-order valence-corrected chi connectivity index (χ2v) is 6.84. The molecule has 2 aromatic carbocycles. The summed E-state index contributed by atoms with van der Waals surface area (Å²) in [4.78, 5) is 24.5. The molecule has 0 radical (unpaired) electrons. The van der Waals surface area contributed by atoms with E-state index in [1.807, 2.05) is 0 Å². The number of rotatable bonds is 7. The average Bonchev–Trinajstić information content (AvgIpc) is 3.02. The topological polar surface area (TPSA) is 78.2 Å². The monoisotopic (exact) mass is 434 g/mol. The standard InChI is InChI=1S/C21H21F3N4O3/c1-27-19(15-4-3-5-16(13-15)21(22,23)24)26-28(20(27)30)11-10-25-18(29)12-14-6-8-17(31-2)9-7-14/h3-9,13H,10-12H2,1-2H3,(H,25,29). The highest BCUT2D eigenvalue weighted by Gasteiger charge is 2.30. The largest absolute Gasteiger partial charge is 0.497 e. The highest BCUT2D eigenvalue weighted by molar-refractivity contribution is 5.78. The lowest BCUT2D eigenvalue weighted by Gasteiger charge is -2.08. The van der Waals surface area contributed by atoms with E-state index < -0.39 is 17.4 Å². The third-order valence-electron chi connectivity index (χ3n) is 4.66. The second-order valence-electron chi connectivity index (χ2n) is 6.84. The number of nitrogens with zero attached hydrogens (tertiary/aromatic N) is 3. The Morgan fingerprint density at radius 3 is 2.52 bits per heavy atom. The van der Waals surface area contributed by atoms with Crippen molar-refractivity contribution in [3.63, 3.8) is 0 Å². The van der Waals surface area contributed by atoms with E-state index in [4.69, 9.17) is 4.74 Å². The van der Waals surface area contributed by atoms with Crippen LogP contribution >= 0.6 is 0 Å². The molecule has 10 heteroatoms. The highest BCUT2D eigenvalue weighted by atomic mass is 19.4. The maximum atomic E-state index is 13.0. The molecular weight excluding hydrogens is 413 g/mol. The van der Waals surface area contributed by atoms with E-state index in [-0.39, 0.29) is 36.8 Å². The van der Waals surface area contributed by atoms with Crippen LogP contribution in [0.2, 0.25) is 0 Å². The van der Waals surface area contributed by atoms with Crippen molar-refractivity contribution in [1.29, 1.82) is 0 Å². The molecule has 31 heavy (non-hydrogen) atoms. The fourth-order valence-electron chi connectivity index (χ4n) is 3.01. The molecule has 1 N–H and O–H groups in total. The van der Waals surface area contributed by atoms with Crippen molar-refractivity contribution >= 4 is 5.91 Å². The number of carbonyl (C=O) groups is 1. The van der Waals surface area contributed by atoms with Crippen LogP contribution in [0.1, 0.15) is 11.1 Å². The Morgan fingerprint density at radius 2 is 1.87 bits per heavy atom. The van der Waals surface area contributed by atoms with Gasteiger partial charge >= 0.3 is 11.9 Å². The average molecular weight is 434 g/mol. The number of ether oxygens (including phenoxy) is 1. The van der Waals surface area contributed by atoms with Gasteiger partial charge in [-0.3, -0.25) is 9.36 Å². The number of amides is 1. The molecule has 1 amide bonds. The zero-order valence-electron chi connectivity index (χ0n) is 16.9. The highest BCUT2D eigenvalue weighted by Crippen LogP contribution is 2.31. The maximum absolute atomic E-state index is 13.0. The zero-order chi connectivity index (χ0) is 22.6. The smallest absolute Gasteiger partial charge is 0.416 e. The van der Waals surface area contributed by atoms with Gasteiger partial charge in [-0.05, 0) is 29.8 Å². The van der Waals surface area contributed by atoms with Gasteiger partial charge in [0.25, 0.3) is 0 Å². The van der Waals surface area contributed by atoms with Crippen molar-refractivity contribution in [2.75, 3.05) is 13.7 Å². The van der Waals surface area contributed by atoms with Crippen LogP contribution in [0.3, 0.4) is 0 Å². The molecule has 0 spiro atoms. The number of benzene rings is 2. The van der Waals surface area contributed by atoms with Crippen LogP contribution in [0.15, 0.2) is 53.3 Å². The Bertz CT molecular complexity index is 1120. The molecule has 0 aliphatic rings. The van der Waals surface area contributed by atoms with E-state index in [9.17, 15) is 22.8 Å². The second kappa shape index (κ2) is 9.07. The van der Waals surface area contributed by atoms with Gasteiger partial charge < -0.3 is 10.1 Å². The number of hydrogen-bond acceptors (Lipinski definition) is 4. The molecule has 0 unspecified atom stereocenters. The van der Waals surface area contributed by atoms with Crippen molar-refractivity contribution in [3.05, 3.63) is 70.1 Å². The van der Waals surface area contributed by atoms with E-state index in [0.717, 1.165) is 22.4 Å². The van der Waals surface area contributed by atoms with E-state index in [1.165, 1.54) is 23.7 Å². The van der Waals surface area contributed by atoms with Crippen LogP contribution in [-0.4, -0.2) is 33.9 Å². The molecule has 3 rings (SSSR count). The molecule has 164 valence electrons. The minimum Gasteiger partial charge on any atom is -0.497 e. The summed E-state index contributed by atoms with van der Waals surface area (Å²) in [6, 6.07) is 11.7. The molecule has 0 fully saturated rings. The number of carbonyl (C=O) groups excluding carboxylic acids is 1. The van der Waals surface area contributed by atoms with Gasteiger partial charge in [0.2, 0.25) is 5.91 Å². The minimum atomic E-state index is -4.49. The third kappa shape index (κ3) is 5.33. The fourth-order valence-corrected chi connectivity index (χ4v) is 3.01. The normalized spacial score (nSPS) is 11.4. The molecule has 3 aromatic rings. The van der Waals surface area contributed by atoms with Gasteiger partial charge in [0.15, 0.2) is 5.82 Å². The van der Waals surface area contributed by atoms with Crippen molar-refractivity contribution in [2.45, 2.75) is 19.1 Å². The summed E-state index contributed by atoms with van der Waals surface area (Å²) in [5.41, 5.74) is -0.327. The number of halogens is 3. The summed E-state index contributed by atoms with van der Waals surface area (Å²) in [7, 11) is 2.99. The summed E-state index contributed by atoms with van der Waals surface area (Å²) in [5.74, 6) is 0.572. The molecule has 0 atom stereocenters. The molecule has 1 heterocycles. The van der Waals surface area contributed by atoms with Gasteiger partial charge in [-0.15, -0.1) is 5.10 Å². The van der Waals surface area contributed by atoms with E-state index in [0.29, 0.717) is 5.75 Å². The predicted molar refractivity (Wildman–Crippen MR) is 108 cm³/mol. The molecule has 0 saturated carbocycles. The van der Waals surface area contributed by atoms with Crippen LogP contribution < -0.4 is 15.7 Å². The quantitative estimate of drug-likeness (QED) is 0.620. The molecule has 7 nitrogen and oxygen atoms in total. The van der Waals surface area contributed by atoms with Crippen LogP contribution in [0.5, 0.6) is 5.75 Å². The van der Waals surface area contributed by atoms with E-state index in [2.05, 4.69) is 10.4 Å². The Labute approximate surface area is 176 Å². The molecule has 0 bridgehead atoms. The van der Waals surface area contributed by atoms with E-state index >= 15 is 0 Å². The Kier molecular flexibility index (Phi) is 6.47. The minimum absolute atomic E-state index is 0.0833. The van der Waals surface area contributed by atoms with Crippen molar-refractivity contribution < 1.29 is 22.7 Å². The van der Waals surface area contributed by atoms with Crippen LogP contribution in [0.25, 0.3) is 11.4 Å². The van der Waals surface area contributed by atoms with E-state index in [1.54, 1.807) is 31.4 Å². The molecule has 0 aliphatic heterocycles. The van der Waals surface area contributed by atoms with Crippen LogP contribution in [0, 0.1) is 0 Å². The SMILES string of the molecule is COc1ccc(CC(=O)NCCn2nc(-c3cccc(C(F)(F)F)c3)n(C)c2=O)cc1. The van der Waals surface area contributed by atoms with Crippen LogP contribution in [0.4, 0.5) is 13.2 Å². The molecule has 0 saturated heterocycles. The number of alkyl halides is 3. The first-order valence-corrected chi connectivity index (χ1v) is 9.40. The summed E-state index contributed by atoms with van der Waals surface area (Å²) in [5, 5.41) is 6.84. The maximum Gasteiger partial charge on any atom is 0.416 e. The van der Waals surface area contributed by atoms with Crippen molar-refractivity contribution in [3.8, 4) is 17.1 Å². The van der Waals surface area contributed by atoms with Gasteiger partial charge in [-0.2, -0.15) is 13.2 Å². The van der Waals surface area contributed by atoms with Crippen molar-refractivity contribution in [1.82, 2.24) is 19.7 Å². The van der Waals surface area contributed by atoms with Crippen LogP contribution in [-0.2, 0) is 31.0 Å². The van der Waals surface area contributed by atoms with Gasteiger partial charge in [-0.1, -0.05) is 24.3 Å². The Hall–Kier alpha value is -3.56.